The van der Waals surface area contributed by atoms with Gasteiger partial charge < -0.3 is 0 Å². The average Bonchev–Trinajstić information content (AvgIpc) is 2.63. The molecule has 0 aliphatic heterocycles. The molecular formula is C18H16N2O4S. The third-order valence-electron chi connectivity index (χ3n) is 3.04. The highest BCUT2D eigenvalue weighted by atomic mass is 32.2. The summed E-state index contributed by atoms with van der Waals surface area (Å²) in [5.74, 6) is -2.11. The zero-order valence-electron chi connectivity index (χ0n) is 13.2. The molecule has 4 amide bonds. The molecule has 0 fully saturated rings. The first-order valence-electron chi connectivity index (χ1n) is 7.42. The molecule has 2 aromatic carbocycles. The molecule has 0 aliphatic rings. The van der Waals surface area contributed by atoms with Crippen molar-refractivity contribution in [3.63, 3.8) is 0 Å². The lowest BCUT2D eigenvalue weighted by atomic mass is 10.2. The van der Waals surface area contributed by atoms with Crippen molar-refractivity contribution < 1.29 is 19.2 Å². The van der Waals surface area contributed by atoms with E-state index in [1.54, 1.807) is 60.7 Å². The maximum Gasteiger partial charge on any atom is 0.257 e. The van der Waals surface area contributed by atoms with Gasteiger partial charge in [0.15, 0.2) is 0 Å². The minimum absolute atomic E-state index is 0.0640. The van der Waals surface area contributed by atoms with Gasteiger partial charge in [-0.05, 0) is 24.3 Å². The number of nitrogens with one attached hydrogen (secondary N) is 2. The standard InChI is InChI=1S/C18H16N2O4S/c21-15(19-17(23)13-7-3-1-4-8-13)11-25-12-16(22)20-18(24)14-9-5-2-6-10-14/h1-10H,11-12H2,(H,19,21,23)(H,20,22,24). The molecule has 0 bridgehead atoms. The molecule has 0 unspecified atom stereocenters. The summed E-state index contributed by atoms with van der Waals surface area (Å²) in [6.45, 7) is 0. The van der Waals surface area contributed by atoms with E-state index in [1.165, 1.54) is 0 Å². The first kappa shape index (κ1) is 18.4. The van der Waals surface area contributed by atoms with Crippen LogP contribution >= 0.6 is 11.8 Å². The first-order chi connectivity index (χ1) is 12.1. The van der Waals surface area contributed by atoms with Crippen LogP contribution < -0.4 is 10.6 Å². The minimum Gasteiger partial charge on any atom is -0.292 e. The molecule has 0 heterocycles. The normalized spacial score (nSPS) is 9.92. The molecule has 2 N–H and O–H groups in total. The lowest BCUT2D eigenvalue weighted by Crippen LogP contribution is -2.34. The van der Waals surface area contributed by atoms with E-state index in [0.29, 0.717) is 11.1 Å². The van der Waals surface area contributed by atoms with Gasteiger partial charge in [0.05, 0.1) is 11.5 Å². The van der Waals surface area contributed by atoms with Crippen LogP contribution in [0, 0.1) is 0 Å². The van der Waals surface area contributed by atoms with Crippen molar-refractivity contribution in [1.82, 2.24) is 10.6 Å². The molecule has 6 nitrogen and oxygen atoms in total. The smallest absolute Gasteiger partial charge is 0.257 e. The van der Waals surface area contributed by atoms with E-state index in [1.807, 2.05) is 0 Å². The molecule has 0 atom stereocenters. The predicted molar refractivity (Wildman–Crippen MR) is 95.2 cm³/mol. The highest BCUT2D eigenvalue weighted by Gasteiger charge is 2.13. The zero-order valence-corrected chi connectivity index (χ0v) is 14.0. The zero-order chi connectivity index (χ0) is 18.1. The van der Waals surface area contributed by atoms with Crippen molar-refractivity contribution in [3.05, 3.63) is 71.8 Å². The Morgan fingerprint density at radius 1 is 0.640 bits per heavy atom. The molecule has 0 saturated carbocycles. The number of hydrogen-bond donors (Lipinski definition) is 2. The van der Waals surface area contributed by atoms with Crippen LogP contribution in [0.3, 0.4) is 0 Å². The Labute approximate surface area is 149 Å². The summed E-state index contributed by atoms with van der Waals surface area (Å²) in [4.78, 5) is 47.0. The Hall–Kier alpha value is -2.93. The predicted octanol–water partition coefficient (Wildman–Crippen LogP) is 1.63. The van der Waals surface area contributed by atoms with Crippen molar-refractivity contribution in [2.75, 3.05) is 11.5 Å². The van der Waals surface area contributed by atoms with E-state index in [4.69, 9.17) is 0 Å². The quantitative estimate of drug-likeness (QED) is 0.821. The van der Waals surface area contributed by atoms with Crippen molar-refractivity contribution in [2.45, 2.75) is 0 Å². The molecule has 0 spiro atoms. The van der Waals surface area contributed by atoms with E-state index < -0.39 is 23.6 Å². The Morgan fingerprint density at radius 3 is 1.36 bits per heavy atom. The number of amides is 4. The number of rotatable bonds is 6. The molecule has 0 saturated heterocycles. The summed E-state index contributed by atoms with van der Waals surface area (Å²) < 4.78 is 0. The molecule has 0 aromatic heterocycles. The summed E-state index contributed by atoms with van der Waals surface area (Å²) in [7, 11) is 0. The average molecular weight is 356 g/mol. The second-order valence-electron chi connectivity index (χ2n) is 4.98. The van der Waals surface area contributed by atoms with Crippen LogP contribution in [0.4, 0.5) is 0 Å². The Morgan fingerprint density at radius 2 is 1.00 bits per heavy atom. The maximum absolute atomic E-state index is 11.8. The number of carbonyl (C=O) groups is 4. The third kappa shape index (κ3) is 6.23. The van der Waals surface area contributed by atoms with E-state index in [2.05, 4.69) is 10.6 Å². The van der Waals surface area contributed by atoms with E-state index in [0.717, 1.165) is 11.8 Å². The molecule has 25 heavy (non-hydrogen) atoms. The van der Waals surface area contributed by atoms with Gasteiger partial charge in [0, 0.05) is 11.1 Å². The van der Waals surface area contributed by atoms with Gasteiger partial charge in [-0.3, -0.25) is 29.8 Å². The highest BCUT2D eigenvalue weighted by Crippen LogP contribution is 2.02. The molecule has 2 aromatic rings. The summed E-state index contributed by atoms with van der Waals surface area (Å²) in [6, 6.07) is 16.7. The summed E-state index contributed by atoms with van der Waals surface area (Å²) in [5, 5.41) is 4.48. The number of carbonyl (C=O) groups excluding carboxylic acids is 4. The third-order valence-corrected chi connectivity index (χ3v) is 3.98. The van der Waals surface area contributed by atoms with Gasteiger partial charge in [0.1, 0.15) is 0 Å². The Kier molecular flexibility index (Phi) is 6.91. The Bertz CT molecular complexity index is 698. The Balaban J connectivity index is 1.69. The number of benzene rings is 2. The molecule has 128 valence electrons. The number of thioether (sulfide) groups is 1. The fraction of sp³-hybridized carbons (Fsp3) is 0.111. The van der Waals surface area contributed by atoms with E-state index in [9.17, 15) is 19.2 Å². The molecule has 0 radical (unpaired) electrons. The number of imide groups is 2. The van der Waals surface area contributed by atoms with Crippen LogP contribution in [0.1, 0.15) is 20.7 Å². The van der Waals surface area contributed by atoms with Gasteiger partial charge in [-0.1, -0.05) is 36.4 Å². The lowest BCUT2D eigenvalue weighted by Gasteiger charge is -2.05. The van der Waals surface area contributed by atoms with E-state index >= 15 is 0 Å². The molecule has 7 heteroatoms. The summed E-state index contributed by atoms with van der Waals surface area (Å²) in [6.07, 6.45) is 0. The van der Waals surface area contributed by atoms with Gasteiger partial charge >= 0.3 is 0 Å². The fourth-order valence-electron chi connectivity index (χ4n) is 1.89. The first-order valence-corrected chi connectivity index (χ1v) is 8.58. The van der Waals surface area contributed by atoms with Crippen molar-refractivity contribution >= 4 is 35.4 Å². The summed E-state index contributed by atoms with van der Waals surface area (Å²) >= 11 is 1.02. The monoisotopic (exact) mass is 356 g/mol. The minimum atomic E-state index is -0.499. The van der Waals surface area contributed by atoms with Crippen molar-refractivity contribution in [1.29, 1.82) is 0 Å². The van der Waals surface area contributed by atoms with Crippen LogP contribution in [0.2, 0.25) is 0 Å². The topological polar surface area (TPSA) is 92.3 Å². The second kappa shape index (κ2) is 9.39. The van der Waals surface area contributed by atoms with Gasteiger partial charge in [0.2, 0.25) is 11.8 Å². The molecule has 2 rings (SSSR count). The van der Waals surface area contributed by atoms with Crippen LogP contribution in [0.5, 0.6) is 0 Å². The van der Waals surface area contributed by atoms with Crippen molar-refractivity contribution in [3.8, 4) is 0 Å². The van der Waals surface area contributed by atoms with E-state index in [-0.39, 0.29) is 11.5 Å². The van der Waals surface area contributed by atoms with Gasteiger partial charge in [0.25, 0.3) is 11.8 Å². The largest absolute Gasteiger partial charge is 0.292 e. The van der Waals surface area contributed by atoms with Gasteiger partial charge in [-0.2, -0.15) is 0 Å². The van der Waals surface area contributed by atoms with Gasteiger partial charge in [-0.15, -0.1) is 11.8 Å². The van der Waals surface area contributed by atoms with Crippen LogP contribution in [0.25, 0.3) is 0 Å². The highest BCUT2D eigenvalue weighted by molar-refractivity contribution is 8.00. The molecular weight excluding hydrogens is 340 g/mol. The van der Waals surface area contributed by atoms with Crippen LogP contribution in [-0.2, 0) is 9.59 Å². The number of hydrogen-bond acceptors (Lipinski definition) is 5. The maximum atomic E-state index is 11.8. The lowest BCUT2D eigenvalue weighted by molar-refractivity contribution is -0.118. The fourth-order valence-corrected chi connectivity index (χ4v) is 2.50. The van der Waals surface area contributed by atoms with Crippen LogP contribution in [0.15, 0.2) is 60.7 Å². The van der Waals surface area contributed by atoms with Crippen LogP contribution in [-0.4, -0.2) is 35.1 Å². The second-order valence-corrected chi connectivity index (χ2v) is 5.97. The van der Waals surface area contributed by atoms with Crippen molar-refractivity contribution in [2.24, 2.45) is 0 Å². The van der Waals surface area contributed by atoms with Gasteiger partial charge in [-0.25, -0.2) is 0 Å². The summed E-state index contributed by atoms with van der Waals surface area (Å²) in [5.41, 5.74) is 0.763. The molecule has 0 aliphatic carbocycles. The SMILES string of the molecule is O=C(CSCC(=O)NC(=O)c1ccccc1)NC(=O)c1ccccc1.